The quantitative estimate of drug-likeness (QED) is 0.529. The third-order valence-electron chi connectivity index (χ3n) is 5.17. The Labute approximate surface area is 182 Å². The van der Waals surface area contributed by atoms with Crippen molar-refractivity contribution in [1.82, 2.24) is 14.7 Å². The first-order valence-electron chi connectivity index (χ1n) is 9.94. The molecule has 1 heterocycles. The third kappa shape index (κ3) is 5.65. The van der Waals surface area contributed by atoms with Crippen molar-refractivity contribution in [3.63, 3.8) is 0 Å². The van der Waals surface area contributed by atoms with Crippen LogP contribution in [0, 0.1) is 0 Å². The second-order valence-corrected chi connectivity index (χ2v) is 8.94. The van der Waals surface area contributed by atoms with E-state index in [1.165, 1.54) is 0 Å². The van der Waals surface area contributed by atoms with Crippen LogP contribution in [-0.2, 0) is 9.59 Å². The van der Waals surface area contributed by atoms with Gasteiger partial charge in [-0.1, -0.05) is 42.0 Å². The van der Waals surface area contributed by atoms with Gasteiger partial charge in [-0.25, -0.2) is 0 Å². The Balaban J connectivity index is 1.66. The molecule has 2 fully saturated rings. The number of benzene rings is 1. The predicted molar refractivity (Wildman–Crippen MR) is 120 cm³/mol. The number of hydrogen-bond acceptors (Lipinski definition) is 4. The smallest absolute Gasteiger partial charge is 0.237 e. The fourth-order valence-corrected chi connectivity index (χ4v) is 5.16. The van der Waals surface area contributed by atoms with Crippen LogP contribution in [0.2, 0.25) is 5.02 Å². The van der Waals surface area contributed by atoms with Crippen LogP contribution in [0.5, 0.6) is 0 Å². The lowest BCUT2D eigenvalue weighted by Crippen LogP contribution is -2.46. The van der Waals surface area contributed by atoms with Crippen LogP contribution in [0.15, 0.2) is 49.6 Å². The molecule has 0 spiro atoms. The zero-order valence-electron chi connectivity index (χ0n) is 16.6. The molecule has 3 rings (SSSR count). The van der Waals surface area contributed by atoms with Gasteiger partial charge in [0.05, 0.1) is 13.1 Å². The van der Waals surface area contributed by atoms with E-state index >= 15 is 0 Å². The molecule has 1 atom stereocenters. The minimum atomic E-state index is -0.0639. The van der Waals surface area contributed by atoms with Gasteiger partial charge in [0.1, 0.15) is 5.37 Å². The SMILES string of the molecule is C=CCN(CC=C)C(=O)CN(CC(=O)N1CCS[C@H]1c1ccccc1Cl)C1CC1. The summed E-state index contributed by atoms with van der Waals surface area (Å²) in [4.78, 5) is 31.5. The van der Waals surface area contributed by atoms with E-state index in [1.807, 2.05) is 34.1 Å². The Kier molecular flexibility index (Phi) is 7.81. The topological polar surface area (TPSA) is 43.9 Å². The molecule has 1 aliphatic carbocycles. The third-order valence-corrected chi connectivity index (χ3v) is 6.76. The van der Waals surface area contributed by atoms with E-state index in [9.17, 15) is 9.59 Å². The first-order valence-corrected chi connectivity index (χ1v) is 11.4. The molecule has 0 N–H and O–H groups in total. The first-order chi connectivity index (χ1) is 14.0. The maximum Gasteiger partial charge on any atom is 0.237 e. The number of nitrogens with zero attached hydrogens (tertiary/aromatic N) is 3. The van der Waals surface area contributed by atoms with Crippen molar-refractivity contribution in [3.05, 3.63) is 60.2 Å². The van der Waals surface area contributed by atoms with E-state index in [0.717, 1.165) is 24.2 Å². The molecule has 2 aliphatic rings. The van der Waals surface area contributed by atoms with Crippen LogP contribution in [-0.4, -0.2) is 71.0 Å². The Morgan fingerprint density at radius 1 is 1.17 bits per heavy atom. The highest BCUT2D eigenvalue weighted by atomic mass is 35.5. The van der Waals surface area contributed by atoms with Gasteiger partial charge in [0.25, 0.3) is 0 Å². The highest BCUT2D eigenvalue weighted by molar-refractivity contribution is 7.99. The van der Waals surface area contributed by atoms with Gasteiger partial charge in [0.15, 0.2) is 0 Å². The van der Waals surface area contributed by atoms with Crippen LogP contribution >= 0.6 is 23.4 Å². The molecule has 1 aromatic carbocycles. The summed E-state index contributed by atoms with van der Waals surface area (Å²) in [6.45, 7) is 9.61. The summed E-state index contributed by atoms with van der Waals surface area (Å²) in [5, 5.41) is 0.620. The Hall–Kier alpha value is -1.76. The Morgan fingerprint density at radius 3 is 2.48 bits per heavy atom. The van der Waals surface area contributed by atoms with Crippen molar-refractivity contribution in [2.75, 3.05) is 38.5 Å². The average molecular weight is 434 g/mol. The number of thioether (sulfide) groups is 1. The normalized spacial score (nSPS) is 18.7. The maximum absolute atomic E-state index is 13.2. The van der Waals surface area contributed by atoms with Crippen LogP contribution < -0.4 is 0 Å². The second kappa shape index (κ2) is 10.3. The average Bonchev–Trinajstić information content (AvgIpc) is 3.44. The molecule has 0 aromatic heterocycles. The molecule has 29 heavy (non-hydrogen) atoms. The summed E-state index contributed by atoms with van der Waals surface area (Å²) in [5.41, 5.74) is 0.974. The van der Waals surface area contributed by atoms with Crippen molar-refractivity contribution in [2.24, 2.45) is 0 Å². The van der Waals surface area contributed by atoms with Gasteiger partial charge in [-0.05, 0) is 18.9 Å². The lowest BCUT2D eigenvalue weighted by Gasteiger charge is -2.29. The highest BCUT2D eigenvalue weighted by Gasteiger charge is 2.37. The number of carbonyl (C=O) groups excluding carboxylic acids is 2. The zero-order chi connectivity index (χ0) is 20.8. The van der Waals surface area contributed by atoms with Crippen LogP contribution in [0.1, 0.15) is 23.8 Å². The predicted octanol–water partition coefficient (Wildman–Crippen LogP) is 3.58. The Bertz CT molecular complexity index is 758. The number of rotatable bonds is 10. The van der Waals surface area contributed by atoms with Crippen LogP contribution in [0.3, 0.4) is 0 Å². The van der Waals surface area contributed by atoms with Crippen molar-refractivity contribution >= 4 is 35.2 Å². The van der Waals surface area contributed by atoms with E-state index < -0.39 is 0 Å². The molecule has 0 radical (unpaired) electrons. The second-order valence-electron chi connectivity index (χ2n) is 7.34. The maximum atomic E-state index is 13.2. The van der Waals surface area contributed by atoms with Crippen molar-refractivity contribution in [1.29, 1.82) is 0 Å². The van der Waals surface area contributed by atoms with Crippen LogP contribution in [0.4, 0.5) is 0 Å². The standard InChI is InChI=1S/C22H28ClN3O2S/c1-3-11-24(12-4-2)20(27)15-25(17-9-10-17)16-21(28)26-13-14-29-22(26)18-7-5-6-8-19(18)23/h3-8,17,22H,1-2,9-16H2/t22-/m0/s1. The van der Waals surface area contributed by atoms with Gasteiger partial charge >= 0.3 is 0 Å². The number of amides is 2. The molecule has 7 heteroatoms. The molecule has 1 aromatic rings. The minimum Gasteiger partial charge on any atom is -0.334 e. The molecule has 0 bridgehead atoms. The van der Waals surface area contributed by atoms with Gasteiger partial charge in [-0.2, -0.15) is 0 Å². The lowest BCUT2D eigenvalue weighted by molar-refractivity contribution is -0.135. The summed E-state index contributed by atoms with van der Waals surface area (Å²) < 4.78 is 0. The van der Waals surface area contributed by atoms with E-state index in [4.69, 9.17) is 11.6 Å². The summed E-state index contributed by atoms with van der Waals surface area (Å²) in [7, 11) is 0. The van der Waals surface area contributed by atoms with Gasteiger partial charge in [-0.15, -0.1) is 24.9 Å². The summed E-state index contributed by atoms with van der Waals surface area (Å²) in [6, 6.07) is 8.01. The molecular formula is C22H28ClN3O2S. The van der Waals surface area contributed by atoms with Crippen molar-refractivity contribution in [2.45, 2.75) is 24.3 Å². The fraction of sp³-hybridized carbons (Fsp3) is 0.455. The Morgan fingerprint density at radius 2 is 1.86 bits per heavy atom. The molecule has 1 saturated carbocycles. The number of hydrogen-bond donors (Lipinski definition) is 0. The van der Waals surface area contributed by atoms with E-state index in [-0.39, 0.29) is 30.3 Å². The van der Waals surface area contributed by atoms with Gasteiger partial charge in [0, 0.05) is 42.0 Å². The molecule has 1 aliphatic heterocycles. The molecule has 156 valence electrons. The minimum absolute atomic E-state index is 0.00273. The van der Waals surface area contributed by atoms with Crippen molar-refractivity contribution < 1.29 is 9.59 Å². The molecule has 5 nitrogen and oxygen atoms in total. The largest absolute Gasteiger partial charge is 0.334 e. The summed E-state index contributed by atoms with van der Waals surface area (Å²) in [5.74, 6) is 0.942. The number of halogens is 1. The van der Waals surface area contributed by atoms with E-state index in [1.54, 1.807) is 28.8 Å². The molecule has 1 saturated heterocycles. The van der Waals surface area contributed by atoms with Gasteiger partial charge < -0.3 is 9.80 Å². The monoisotopic (exact) mass is 433 g/mol. The van der Waals surface area contributed by atoms with Gasteiger partial charge in [0.2, 0.25) is 11.8 Å². The molecule has 2 amide bonds. The molecular weight excluding hydrogens is 406 g/mol. The summed E-state index contributed by atoms with van der Waals surface area (Å²) >= 11 is 8.11. The van der Waals surface area contributed by atoms with Gasteiger partial charge in [-0.3, -0.25) is 14.5 Å². The molecule has 0 unspecified atom stereocenters. The lowest BCUT2D eigenvalue weighted by atomic mass is 10.2. The fourth-order valence-electron chi connectivity index (χ4n) is 3.54. The number of carbonyl (C=O) groups is 2. The first kappa shape index (κ1) is 21.9. The van der Waals surface area contributed by atoms with E-state index in [0.29, 0.717) is 30.7 Å². The van der Waals surface area contributed by atoms with E-state index in [2.05, 4.69) is 13.2 Å². The van der Waals surface area contributed by atoms with Crippen LogP contribution in [0.25, 0.3) is 0 Å². The summed E-state index contributed by atoms with van der Waals surface area (Å²) in [6.07, 6.45) is 5.49. The highest BCUT2D eigenvalue weighted by Crippen LogP contribution is 2.41. The van der Waals surface area contributed by atoms with Crippen molar-refractivity contribution in [3.8, 4) is 0 Å². The zero-order valence-corrected chi connectivity index (χ0v) is 18.2.